The van der Waals surface area contributed by atoms with Crippen molar-refractivity contribution in [1.82, 2.24) is 34.7 Å². The third-order valence-electron chi connectivity index (χ3n) is 8.43. The van der Waals surface area contributed by atoms with Gasteiger partial charge in [0, 0.05) is 24.7 Å². The van der Waals surface area contributed by atoms with E-state index < -0.39 is 17.3 Å². The Hall–Kier alpha value is -3.41. The molecule has 3 aromatic rings. The zero-order valence-corrected chi connectivity index (χ0v) is 22.1. The lowest BCUT2D eigenvalue weighted by Gasteiger charge is -2.51. The van der Waals surface area contributed by atoms with Gasteiger partial charge in [-0.2, -0.15) is 14.3 Å². The summed E-state index contributed by atoms with van der Waals surface area (Å²) in [4.78, 5) is 23.5. The van der Waals surface area contributed by atoms with Crippen LogP contribution in [-0.2, 0) is 7.05 Å². The first kappa shape index (κ1) is 24.9. The van der Waals surface area contributed by atoms with Gasteiger partial charge in [0.2, 0.25) is 5.95 Å². The normalized spacial score (nSPS) is 24.8. The third kappa shape index (κ3) is 4.34. The van der Waals surface area contributed by atoms with Crippen molar-refractivity contribution in [3.05, 3.63) is 46.0 Å². The number of piperidine rings is 1. The van der Waals surface area contributed by atoms with Crippen LogP contribution in [0.1, 0.15) is 64.4 Å². The molecule has 12 heteroatoms. The Balaban J connectivity index is 1.29. The first-order valence-electron chi connectivity index (χ1n) is 13.3. The summed E-state index contributed by atoms with van der Waals surface area (Å²) in [5.41, 5.74) is 0.784. The molecule has 1 aromatic carbocycles. The first-order chi connectivity index (χ1) is 18.1. The molecule has 2 N–H and O–H groups in total. The predicted molar refractivity (Wildman–Crippen MR) is 139 cm³/mol. The molecule has 2 aliphatic heterocycles. The maximum Gasteiger partial charge on any atom is 0.368 e. The number of hydrogen-bond donors (Lipinski definition) is 2. The number of aromatic nitrogens is 6. The second kappa shape index (κ2) is 9.11. The number of tetrazole rings is 1. The average Bonchev–Trinajstić information content (AvgIpc) is 3.49. The average molecular weight is 526 g/mol. The van der Waals surface area contributed by atoms with Crippen LogP contribution in [0.2, 0.25) is 0 Å². The number of nitrogens with zero attached hydrogens (tertiary/aromatic N) is 7. The smallest absolute Gasteiger partial charge is 0.364 e. The molecule has 6 rings (SSSR count). The first-order valence-corrected chi connectivity index (χ1v) is 13.3. The van der Waals surface area contributed by atoms with Gasteiger partial charge in [0.1, 0.15) is 5.82 Å². The van der Waals surface area contributed by atoms with Crippen LogP contribution < -0.4 is 16.3 Å². The van der Waals surface area contributed by atoms with Crippen LogP contribution in [0.3, 0.4) is 0 Å². The lowest BCUT2D eigenvalue weighted by atomic mass is 9.77. The molecule has 3 atom stereocenters. The highest BCUT2D eigenvalue weighted by molar-refractivity contribution is 5.62. The molecule has 1 aliphatic carbocycles. The van der Waals surface area contributed by atoms with Crippen molar-refractivity contribution in [2.75, 3.05) is 17.2 Å². The molecule has 1 saturated carbocycles. The quantitative estimate of drug-likeness (QED) is 0.502. The predicted octanol–water partition coefficient (Wildman–Crippen LogP) is 3.72. The fourth-order valence-electron chi connectivity index (χ4n) is 6.25. The van der Waals surface area contributed by atoms with Crippen molar-refractivity contribution in [2.45, 2.75) is 76.4 Å². The molecule has 3 fully saturated rings. The Labute approximate surface area is 219 Å². The largest absolute Gasteiger partial charge is 0.368 e. The number of halogens is 2. The van der Waals surface area contributed by atoms with E-state index in [-0.39, 0.29) is 35.0 Å². The van der Waals surface area contributed by atoms with Gasteiger partial charge in [-0.1, -0.05) is 6.92 Å². The fourth-order valence-corrected chi connectivity index (χ4v) is 6.25. The van der Waals surface area contributed by atoms with Crippen LogP contribution in [-0.4, -0.2) is 58.8 Å². The van der Waals surface area contributed by atoms with Crippen LogP contribution in [0.15, 0.2) is 23.1 Å². The molecule has 2 saturated heterocycles. The molecule has 4 heterocycles. The lowest BCUT2D eigenvalue weighted by Crippen LogP contribution is -2.59. The van der Waals surface area contributed by atoms with E-state index in [0.29, 0.717) is 23.2 Å². The van der Waals surface area contributed by atoms with Gasteiger partial charge in [0.05, 0.1) is 17.6 Å². The zero-order chi connectivity index (χ0) is 26.8. The SMILES string of the molecule is CC1C(Nc2nc(Nc3cc(-n4nnn(C)c4=O)c(C4CC4)cc3F)ncc2F)CC(C)(C)N2CCCC12. The Kier molecular flexibility index (Phi) is 5.97. The molecule has 3 aliphatic rings. The van der Waals surface area contributed by atoms with Gasteiger partial charge in [-0.3, -0.25) is 4.90 Å². The van der Waals surface area contributed by atoms with Gasteiger partial charge in [0.25, 0.3) is 0 Å². The Morgan fingerprint density at radius 1 is 1.11 bits per heavy atom. The topological polar surface area (TPSA) is 106 Å². The standard InChI is InChI=1S/C26H33F2N9O/c1-14-20(12-26(2,3)36-9-5-6-21(14)36)30-23-18(28)13-29-24(32-23)31-19-11-22(37-25(38)35(4)33-34-37)16(10-17(19)27)15-7-8-15/h10-11,13-15,20-21H,5-9,12H2,1-4H3,(H2,29,30,31,32). The number of hydrogen-bond acceptors (Lipinski definition) is 8. The number of nitrogens with one attached hydrogen (secondary N) is 2. The summed E-state index contributed by atoms with van der Waals surface area (Å²) in [6, 6.07) is 3.41. The lowest BCUT2D eigenvalue weighted by molar-refractivity contribution is 0.0164. The number of aryl methyl sites for hydroxylation is 1. The van der Waals surface area contributed by atoms with E-state index in [1.807, 2.05) is 0 Å². The molecule has 0 amide bonds. The molecular weight excluding hydrogens is 492 g/mol. The molecule has 0 bridgehead atoms. The molecule has 0 spiro atoms. The van der Waals surface area contributed by atoms with Crippen LogP contribution >= 0.6 is 0 Å². The van der Waals surface area contributed by atoms with Gasteiger partial charge in [-0.05, 0) is 92.5 Å². The summed E-state index contributed by atoms with van der Waals surface area (Å²) in [7, 11) is 1.50. The molecule has 38 heavy (non-hydrogen) atoms. The van der Waals surface area contributed by atoms with Gasteiger partial charge in [-0.15, -0.1) is 0 Å². The van der Waals surface area contributed by atoms with E-state index in [2.05, 4.69) is 56.7 Å². The third-order valence-corrected chi connectivity index (χ3v) is 8.43. The number of benzene rings is 1. The number of fused-ring (bicyclic) bond motifs is 1. The van der Waals surface area contributed by atoms with E-state index in [1.165, 1.54) is 25.6 Å². The maximum atomic E-state index is 15.2. The Morgan fingerprint density at radius 2 is 1.89 bits per heavy atom. The number of anilines is 3. The van der Waals surface area contributed by atoms with Crippen LogP contribution in [0.4, 0.5) is 26.2 Å². The molecule has 202 valence electrons. The van der Waals surface area contributed by atoms with Crippen molar-refractivity contribution in [2.24, 2.45) is 13.0 Å². The molecule has 0 radical (unpaired) electrons. The summed E-state index contributed by atoms with van der Waals surface area (Å²) in [6.45, 7) is 7.78. The summed E-state index contributed by atoms with van der Waals surface area (Å²) in [5.74, 6) is -0.462. The Morgan fingerprint density at radius 3 is 2.61 bits per heavy atom. The summed E-state index contributed by atoms with van der Waals surface area (Å²) >= 11 is 0. The summed E-state index contributed by atoms with van der Waals surface area (Å²) in [6.07, 6.45) is 6.08. The Bertz CT molecular complexity index is 1430. The molecule has 2 aromatic heterocycles. The van der Waals surface area contributed by atoms with Crippen molar-refractivity contribution in [1.29, 1.82) is 0 Å². The second-order valence-electron chi connectivity index (χ2n) is 11.5. The maximum absolute atomic E-state index is 15.2. The zero-order valence-electron chi connectivity index (χ0n) is 22.1. The fraction of sp³-hybridized carbons (Fsp3) is 0.577. The van der Waals surface area contributed by atoms with E-state index in [4.69, 9.17) is 0 Å². The van der Waals surface area contributed by atoms with Crippen molar-refractivity contribution < 1.29 is 8.78 Å². The second-order valence-corrected chi connectivity index (χ2v) is 11.5. The number of rotatable bonds is 6. The van der Waals surface area contributed by atoms with Crippen LogP contribution in [0.5, 0.6) is 0 Å². The minimum absolute atomic E-state index is 0.00280. The highest BCUT2D eigenvalue weighted by Crippen LogP contribution is 2.44. The van der Waals surface area contributed by atoms with E-state index in [0.717, 1.165) is 47.8 Å². The highest BCUT2D eigenvalue weighted by Gasteiger charge is 2.47. The van der Waals surface area contributed by atoms with E-state index >= 15 is 4.39 Å². The molecule has 10 nitrogen and oxygen atoms in total. The van der Waals surface area contributed by atoms with Gasteiger partial charge >= 0.3 is 5.69 Å². The van der Waals surface area contributed by atoms with Gasteiger partial charge in [0.15, 0.2) is 11.6 Å². The van der Waals surface area contributed by atoms with Gasteiger partial charge < -0.3 is 10.6 Å². The minimum Gasteiger partial charge on any atom is -0.364 e. The van der Waals surface area contributed by atoms with Crippen LogP contribution in [0.25, 0.3) is 5.69 Å². The molecular formula is C26H33F2N9O. The summed E-state index contributed by atoms with van der Waals surface area (Å²) in [5, 5.41) is 13.9. The van der Waals surface area contributed by atoms with Crippen molar-refractivity contribution in [3.63, 3.8) is 0 Å². The highest BCUT2D eigenvalue weighted by atomic mass is 19.1. The van der Waals surface area contributed by atoms with E-state index in [1.54, 1.807) is 0 Å². The summed E-state index contributed by atoms with van der Waals surface area (Å²) < 4.78 is 32.3. The minimum atomic E-state index is -0.564. The molecule has 3 unspecified atom stereocenters. The van der Waals surface area contributed by atoms with Crippen LogP contribution in [0, 0.1) is 17.6 Å². The van der Waals surface area contributed by atoms with Gasteiger partial charge in [-0.25, -0.2) is 18.6 Å². The monoisotopic (exact) mass is 525 g/mol. The van der Waals surface area contributed by atoms with E-state index in [9.17, 15) is 9.18 Å². The van der Waals surface area contributed by atoms with Crippen molar-refractivity contribution in [3.8, 4) is 5.69 Å². The van der Waals surface area contributed by atoms with Crippen molar-refractivity contribution >= 4 is 17.5 Å².